The van der Waals surface area contributed by atoms with Crippen molar-refractivity contribution >= 4 is 5.97 Å². The number of rotatable bonds is 5. The van der Waals surface area contributed by atoms with E-state index in [0.29, 0.717) is 12.2 Å². The number of aryl methyl sites for hydroxylation is 2. The Morgan fingerprint density at radius 2 is 2.22 bits per heavy atom. The molecule has 0 radical (unpaired) electrons. The highest BCUT2D eigenvalue weighted by molar-refractivity contribution is 5.87. The molecule has 0 saturated heterocycles. The molecule has 1 N–H and O–H groups in total. The third-order valence-electron chi connectivity index (χ3n) is 2.96. The second kappa shape index (κ2) is 5.08. The van der Waals surface area contributed by atoms with E-state index in [4.69, 9.17) is 0 Å². The first-order chi connectivity index (χ1) is 8.63. The standard InChI is InChI=1S/C13H17N3O2/c1-3-5-16-9-14-7-11(16)8-15-6-4-10(2)12(15)13(17)18/h4,6-7,9H,3,5,8H2,1-2H3,(H,17,18). The quantitative estimate of drug-likeness (QED) is 0.880. The molecule has 0 aliphatic heterocycles. The summed E-state index contributed by atoms with van der Waals surface area (Å²) < 4.78 is 3.81. The van der Waals surface area contributed by atoms with Crippen molar-refractivity contribution in [1.82, 2.24) is 14.1 Å². The lowest BCUT2D eigenvalue weighted by Crippen LogP contribution is -2.12. The smallest absolute Gasteiger partial charge is 0.352 e. The topological polar surface area (TPSA) is 60.0 Å². The van der Waals surface area contributed by atoms with E-state index in [1.54, 1.807) is 17.1 Å². The van der Waals surface area contributed by atoms with Crippen LogP contribution >= 0.6 is 0 Å². The van der Waals surface area contributed by atoms with Crippen LogP contribution in [0, 0.1) is 6.92 Å². The fourth-order valence-corrected chi connectivity index (χ4v) is 2.10. The van der Waals surface area contributed by atoms with E-state index in [9.17, 15) is 9.90 Å². The van der Waals surface area contributed by atoms with Crippen LogP contribution in [0.15, 0.2) is 24.8 Å². The maximum absolute atomic E-state index is 11.2. The summed E-state index contributed by atoms with van der Waals surface area (Å²) in [5.41, 5.74) is 2.15. The van der Waals surface area contributed by atoms with Crippen LogP contribution in [0.1, 0.15) is 35.1 Å². The highest BCUT2D eigenvalue weighted by Gasteiger charge is 2.14. The Balaban J connectivity index is 2.28. The molecule has 18 heavy (non-hydrogen) atoms. The molecule has 0 fully saturated rings. The van der Waals surface area contributed by atoms with Crippen LogP contribution in [0.2, 0.25) is 0 Å². The van der Waals surface area contributed by atoms with Gasteiger partial charge in [-0.25, -0.2) is 9.78 Å². The second-order valence-electron chi connectivity index (χ2n) is 4.36. The third-order valence-corrected chi connectivity index (χ3v) is 2.96. The van der Waals surface area contributed by atoms with Crippen LogP contribution in [0.25, 0.3) is 0 Å². The van der Waals surface area contributed by atoms with E-state index in [1.165, 1.54) is 0 Å². The van der Waals surface area contributed by atoms with Crippen molar-refractivity contribution in [2.24, 2.45) is 0 Å². The first-order valence-electron chi connectivity index (χ1n) is 6.01. The lowest BCUT2D eigenvalue weighted by molar-refractivity contribution is 0.0685. The van der Waals surface area contributed by atoms with Crippen LogP contribution in [-0.4, -0.2) is 25.2 Å². The van der Waals surface area contributed by atoms with Gasteiger partial charge in [-0.05, 0) is 25.0 Å². The Labute approximate surface area is 106 Å². The molecule has 0 atom stereocenters. The maximum atomic E-state index is 11.2. The summed E-state index contributed by atoms with van der Waals surface area (Å²) in [7, 11) is 0. The molecular formula is C13H17N3O2. The largest absolute Gasteiger partial charge is 0.477 e. The zero-order chi connectivity index (χ0) is 13.1. The number of carboxylic acid groups (broad SMARTS) is 1. The van der Waals surface area contributed by atoms with Gasteiger partial charge in [0.15, 0.2) is 0 Å². The number of nitrogens with zero attached hydrogens (tertiary/aromatic N) is 3. The van der Waals surface area contributed by atoms with Crippen molar-refractivity contribution in [2.75, 3.05) is 0 Å². The lowest BCUT2D eigenvalue weighted by atomic mass is 10.3. The fourth-order valence-electron chi connectivity index (χ4n) is 2.10. The molecule has 2 aromatic heterocycles. The van der Waals surface area contributed by atoms with Crippen molar-refractivity contribution in [3.05, 3.63) is 41.7 Å². The van der Waals surface area contributed by atoms with Crippen LogP contribution in [0.4, 0.5) is 0 Å². The molecule has 0 aliphatic rings. The highest BCUT2D eigenvalue weighted by atomic mass is 16.4. The first-order valence-corrected chi connectivity index (χ1v) is 6.01. The monoisotopic (exact) mass is 247 g/mol. The van der Waals surface area contributed by atoms with Crippen LogP contribution in [0.3, 0.4) is 0 Å². The van der Waals surface area contributed by atoms with Crippen LogP contribution in [0.5, 0.6) is 0 Å². The summed E-state index contributed by atoms with van der Waals surface area (Å²) >= 11 is 0. The summed E-state index contributed by atoms with van der Waals surface area (Å²) in [6, 6.07) is 1.82. The normalized spacial score (nSPS) is 10.8. The molecule has 0 spiro atoms. The molecule has 5 heteroatoms. The van der Waals surface area contributed by atoms with Gasteiger partial charge in [0.2, 0.25) is 0 Å². The first kappa shape index (κ1) is 12.4. The van der Waals surface area contributed by atoms with Gasteiger partial charge >= 0.3 is 5.97 Å². The average Bonchev–Trinajstić information content (AvgIpc) is 2.88. The van der Waals surface area contributed by atoms with Gasteiger partial charge in [-0.15, -0.1) is 0 Å². The van der Waals surface area contributed by atoms with Crippen molar-refractivity contribution in [1.29, 1.82) is 0 Å². The number of aromatic nitrogens is 3. The van der Waals surface area contributed by atoms with E-state index in [0.717, 1.165) is 24.2 Å². The van der Waals surface area contributed by atoms with E-state index >= 15 is 0 Å². The summed E-state index contributed by atoms with van der Waals surface area (Å²) in [6.07, 6.45) is 6.41. The summed E-state index contributed by atoms with van der Waals surface area (Å²) in [5.74, 6) is -0.890. The molecule has 0 amide bonds. The Kier molecular flexibility index (Phi) is 3.50. The minimum atomic E-state index is -0.890. The highest BCUT2D eigenvalue weighted by Crippen LogP contribution is 2.13. The van der Waals surface area contributed by atoms with Crippen LogP contribution < -0.4 is 0 Å². The molecule has 2 aromatic rings. The van der Waals surface area contributed by atoms with E-state index in [-0.39, 0.29) is 0 Å². The van der Waals surface area contributed by atoms with E-state index < -0.39 is 5.97 Å². The molecule has 0 saturated carbocycles. The van der Waals surface area contributed by atoms with Gasteiger partial charge in [-0.1, -0.05) is 6.92 Å². The zero-order valence-corrected chi connectivity index (χ0v) is 10.6. The van der Waals surface area contributed by atoms with Gasteiger partial charge < -0.3 is 14.2 Å². The van der Waals surface area contributed by atoms with Gasteiger partial charge in [-0.2, -0.15) is 0 Å². The fraction of sp³-hybridized carbons (Fsp3) is 0.385. The number of aromatic carboxylic acids is 1. The maximum Gasteiger partial charge on any atom is 0.352 e. The number of hydrogen-bond acceptors (Lipinski definition) is 2. The van der Waals surface area contributed by atoms with Crippen molar-refractivity contribution in [2.45, 2.75) is 33.4 Å². The molecule has 96 valence electrons. The van der Waals surface area contributed by atoms with Gasteiger partial charge in [0.05, 0.1) is 18.6 Å². The van der Waals surface area contributed by atoms with Gasteiger partial charge in [0.1, 0.15) is 5.69 Å². The van der Waals surface area contributed by atoms with Gasteiger partial charge in [-0.3, -0.25) is 0 Å². The van der Waals surface area contributed by atoms with E-state index in [1.807, 2.05) is 19.2 Å². The number of carboxylic acids is 1. The molecule has 0 aromatic carbocycles. The lowest BCUT2D eigenvalue weighted by Gasteiger charge is -2.09. The Morgan fingerprint density at radius 3 is 2.89 bits per heavy atom. The summed E-state index contributed by atoms with van der Waals surface area (Å²) in [5, 5.41) is 9.19. The van der Waals surface area contributed by atoms with E-state index in [2.05, 4.69) is 16.5 Å². The Hall–Kier alpha value is -2.04. The Morgan fingerprint density at radius 1 is 1.44 bits per heavy atom. The SMILES string of the molecule is CCCn1cncc1Cn1ccc(C)c1C(=O)O. The number of carbonyl (C=O) groups is 1. The average molecular weight is 247 g/mol. The minimum absolute atomic E-state index is 0.347. The molecule has 2 heterocycles. The molecular weight excluding hydrogens is 230 g/mol. The molecule has 5 nitrogen and oxygen atoms in total. The van der Waals surface area contributed by atoms with Gasteiger partial charge in [0, 0.05) is 18.9 Å². The van der Waals surface area contributed by atoms with Gasteiger partial charge in [0.25, 0.3) is 0 Å². The van der Waals surface area contributed by atoms with Crippen molar-refractivity contribution in [3.8, 4) is 0 Å². The summed E-state index contributed by atoms with van der Waals surface area (Å²) in [4.78, 5) is 15.3. The molecule has 0 aliphatic carbocycles. The second-order valence-corrected chi connectivity index (χ2v) is 4.36. The molecule has 0 unspecified atom stereocenters. The summed E-state index contributed by atoms with van der Waals surface area (Å²) in [6.45, 7) is 5.35. The van der Waals surface area contributed by atoms with Crippen molar-refractivity contribution < 1.29 is 9.90 Å². The molecule has 2 rings (SSSR count). The predicted molar refractivity (Wildman–Crippen MR) is 67.7 cm³/mol. The third kappa shape index (κ3) is 2.30. The Bertz CT molecular complexity index is 554. The molecule has 0 bridgehead atoms. The zero-order valence-electron chi connectivity index (χ0n) is 10.6. The minimum Gasteiger partial charge on any atom is -0.477 e. The van der Waals surface area contributed by atoms with Crippen molar-refractivity contribution in [3.63, 3.8) is 0 Å². The number of hydrogen-bond donors (Lipinski definition) is 1. The number of imidazole rings is 1. The predicted octanol–water partition coefficient (Wildman–Crippen LogP) is 2.15. The van der Waals surface area contributed by atoms with Crippen LogP contribution in [-0.2, 0) is 13.1 Å².